The van der Waals surface area contributed by atoms with Gasteiger partial charge in [0.1, 0.15) is 0 Å². The first-order chi connectivity index (χ1) is 6.91. The molecule has 0 aliphatic heterocycles. The molecular weight excluding hydrogens is 266 g/mol. The molecule has 0 bridgehead atoms. The Kier molecular flexibility index (Phi) is 2.41. The quantitative estimate of drug-likeness (QED) is 0.764. The number of Topliss-reactive ketones (excluding diaryl/α,β-unsaturated/α-hetero) is 1. The fourth-order valence-corrected chi connectivity index (χ4v) is 2.73. The van der Waals surface area contributed by atoms with Gasteiger partial charge in [-0.05, 0) is 27.9 Å². The number of ketones is 1. The van der Waals surface area contributed by atoms with Gasteiger partial charge in [-0.25, -0.2) is 8.78 Å². The van der Waals surface area contributed by atoms with Crippen molar-refractivity contribution in [3.63, 3.8) is 0 Å². The summed E-state index contributed by atoms with van der Waals surface area (Å²) in [5.41, 5.74) is 1.25. The molecule has 0 atom stereocenters. The molecular formula is C11H9BrF2O. The number of hydrogen-bond donors (Lipinski definition) is 0. The molecule has 0 saturated carbocycles. The van der Waals surface area contributed by atoms with Crippen molar-refractivity contribution in [2.24, 2.45) is 0 Å². The topological polar surface area (TPSA) is 17.1 Å². The van der Waals surface area contributed by atoms with Crippen LogP contribution in [0.15, 0.2) is 16.6 Å². The Bertz CT molecular complexity index is 435. The highest BCUT2D eigenvalue weighted by Crippen LogP contribution is 2.38. The third-order valence-electron chi connectivity index (χ3n) is 2.62. The first-order valence-electron chi connectivity index (χ1n) is 4.64. The highest BCUT2D eigenvalue weighted by atomic mass is 79.9. The highest BCUT2D eigenvalue weighted by molar-refractivity contribution is 9.10. The van der Waals surface area contributed by atoms with Crippen molar-refractivity contribution in [2.45, 2.75) is 25.7 Å². The van der Waals surface area contributed by atoms with Crippen molar-refractivity contribution in [3.8, 4) is 0 Å². The molecule has 0 unspecified atom stereocenters. The van der Waals surface area contributed by atoms with Gasteiger partial charge in [0.15, 0.2) is 5.78 Å². The van der Waals surface area contributed by atoms with Gasteiger partial charge in [0, 0.05) is 28.9 Å². The number of benzene rings is 1. The van der Waals surface area contributed by atoms with Crippen molar-refractivity contribution in [1.82, 2.24) is 0 Å². The summed E-state index contributed by atoms with van der Waals surface area (Å²) in [5.74, 6) is -2.84. The number of carbonyl (C=O) groups is 1. The van der Waals surface area contributed by atoms with E-state index in [-0.39, 0.29) is 11.3 Å². The van der Waals surface area contributed by atoms with Crippen LogP contribution in [-0.4, -0.2) is 5.78 Å². The molecule has 4 heteroatoms. The SMILES string of the molecule is CC(F)(F)c1ccc2c(c1Br)CCC2=O. The maximum atomic E-state index is 13.2. The molecule has 0 radical (unpaired) electrons. The minimum atomic E-state index is -2.88. The van der Waals surface area contributed by atoms with Gasteiger partial charge < -0.3 is 0 Å². The molecule has 0 heterocycles. The van der Waals surface area contributed by atoms with E-state index in [4.69, 9.17) is 0 Å². The molecule has 1 nitrogen and oxygen atoms in total. The second kappa shape index (κ2) is 3.37. The van der Waals surface area contributed by atoms with Crippen LogP contribution >= 0.6 is 15.9 Å². The zero-order chi connectivity index (χ0) is 11.2. The summed E-state index contributed by atoms with van der Waals surface area (Å²) in [6.07, 6.45) is 0.978. The van der Waals surface area contributed by atoms with Gasteiger partial charge in [-0.2, -0.15) is 0 Å². The highest BCUT2D eigenvalue weighted by Gasteiger charge is 2.31. The largest absolute Gasteiger partial charge is 0.294 e. The normalized spacial score (nSPS) is 15.6. The molecule has 0 fully saturated rings. The molecule has 80 valence electrons. The number of alkyl halides is 2. The lowest BCUT2D eigenvalue weighted by Crippen LogP contribution is -2.09. The van der Waals surface area contributed by atoms with E-state index in [1.54, 1.807) is 0 Å². The maximum Gasteiger partial charge on any atom is 0.271 e. The van der Waals surface area contributed by atoms with E-state index in [1.165, 1.54) is 12.1 Å². The van der Waals surface area contributed by atoms with Crippen LogP contribution in [0, 0.1) is 0 Å². The smallest absolute Gasteiger partial charge is 0.271 e. The van der Waals surface area contributed by atoms with E-state index >= 15 is 0 Å². The summed E-state index contributed by atoms with van der Waals surface area (Å²) in [6.45, 7) is 0.857. The third kappa shape index (κ3) is 1.71. The molecule has 15 heavy (non-hydrogen) atoms. The molecule has 0 aromatic heterocycles. The van der Waals surface area contributed by atoms with Gasteiger partial charge in [0.2, 0.25) is 0 Å². The molecule has 2 rings (SSSR count). The van der Waals surface area contributed by atoms with Crippen LogP contribution in [-0.2, 0) is 12.3 Å². The van der Waals surface area contributed by atoms with Crippen LogP contribution < -0.4 is 0 Å². The number of carbonyl (C=O) groups excluding carboxylic acids is 1. The van der Waals surface area contributed by atoms with Crippen LogP contribution in [0.25, 0.3) is 0 Å². The summed E-state index contributed by atoms with van der Waals surface area (Å²) in [4.78, 5) is 11.4. The average Bonchev–Trinajstić information content (AvgIpc) is 2.47. The molecule has 0 amide bonds. The summed E-state index contributed by atoms with van der Waals surface area (Å²) >= 11 is 3.16. The zero-order valence-corrected chi connectivity index (χ0v) is 9.70. The monoisotopic (exact) mass is 274 g/mol. The Balaban J connectivity index is 2.61. The Morgan fingerprint density at radius 1 is 1.33 bits per heavy atom. The van der Waals surface area contributed by atoms with Crippen molar-refractivity contribution < 1.29 is 13.6 Å². The van der Waals surface area contributed by atoms with Gasteiger partial charge >= 0.3 is 0 Å². The van der Waals surface area contributed by atoms with Crippen LogP contribution in [0.1, 0.15) is 34.8 Å². The molecule has 0 N–H and O–H groups in total. The van der Waals surface area contributed by atoms with Gasteiger partial charge in [-0.1, -0.05) is 12.1 Å². The van der Waals surface area contributed by atoms with Gasteiger partial charge in [0.25, 0.3) is 5.92 Å². The Hall–Kier alpha value is -0.770. The number of rotatable bonds is 1. The molecule has 1 aromatic rings. The number of hydrogen-bond acceptors (Lipinski definition) is 1. The summed E-state index contributed by atoms with van der Waals surface area (Å²) in [5, 5.41) is 0. The van der Waals surface area contributed by atoms with E-state index in [1.807, 2.05) is 0 Å². The van der Waals surface area contributed by atoms with Crippen molar-refractivity contribution in [1.29, 1.82) is 0 Å². The van der Waals surface area contributed by atoms with E-state index in [2.05, 4.69) is 15.9 Å². The first-order valence-corrected chi connectivity index (χ1v) is 5.43. The number of fused-ring (bicyclic) bond motifs is 1. The molecule has 1 aromatic carbocycles. The summed E-state index contributed by atoms with van der Waals surface area (Å²) in [6, 6.07) is 2.83. The van der Waals surface area contributed by atoms with Crippen LogP contribution in [0.3, 0.4) is 0 Å². The fourth-order valence-electron chi connectivity index (χ4n) is 1.84. The first kappa shape index (κ1) is 10.7. The van der Waals surface area contributed by atoms with Crippen LogP contribution in [0.4, 0.5) is 8.78 Å². The lowest BCUT2D eigenvalue weighted by atomic mass is 10.0. The maximum absolute atomic E-state index is 13.2. The number of halogens is 3. The van der Waals surface area contributed by atoms with E-state index in [9.17, 15) is 13.6 Å². The van der Waals surface area contributed by atoms with E-state index in [0.29, 0.717) is 22.9 Å². The minimum Gasteiger partial charge on any atom is -0.294 e. The van der Waals surface area contributed by atoms with E-state index < -0.39 is 5.92 Å². The summed E-state index contributed by atoms with van der Waals surface area (Å²) < 4.78 is 26.7. The standard InChI is InChI=1S/C11H9BrF2O/c1-11(13,14)8-4-2-6-7(10(8)12)3-5-9(6)15/h2,4H,3,5H2,1H3. The third-order valence-corrected chi connectivity index (χ3v) is 3.52. The second-order valence-electron chi connectivity index (χ2n) is 3.76. The van der Waals surface area contributed by atoms with Crippen LogP contribution in [0.5, 0.6) is 0 Å². The van der Waals surface area contributed by atoms with Crippen molar-refractivity contribution >= 4 is 21.7 Å². The molecule has 1 aliphatic rings. The summed E-state index contributed by atoms with van der Waals surface area (Å²) in [7, 11) is 0. The molecule has 0 spiro atoms. The Morgan fingerprint density at radius 3 is 2.60 bits per heavy atom. The minimum absolute atomic E-state index is 0.0386. The van der Waals surface area contributed by atoms with Crippen molar-refractivity contribution in [2.75, 3.05) is 0 Å². The zero-order valence-electron chi connectivity index (χ0n) is 8.11. The Labute approximate surface area is 94.6 Å². The Morgan fingerprint density at radius 2 is 2.00 bits per heavy atom. The van der Waals surface area contributed by atoms with Gasteiger partial charge in [-0.3, -0.25) is 4.79 Å². The van der Waals surface area contributed by atoms with Gasteiger partial charge in [0.05, 0.1) is 0 Å². The lowest BCUT2D eigenvalue weighted by Gasteiger charge is -2.14. The predicted octanol–water partition coefficient (Wildman–Crippen LogP) is 3.69. The van der Waals surface area contributed by atoms with E-state index in [0.717, 1.165) is 12.5 Å². The van der Waals surface area contributed by atoms with Crippen LogP contribution in [0.2, 0.25) is 0 Å². The lowest BCUT2D eigenvalue weighted by molar-refractivity contribution is 0.0166. The second-order valence-corrected chi connectivity index (χ2v) is 4.56. The molecule has 0 saturated heterocycles. The average molecular weight is 275 g/mol. The molecule has 1 aliphatic carbocycles. The predicted molar refractivity (Wildman–Crippen MR) is 56.4 cm³/mol. The van der Waals surface area contributed by atoms with Crippen molar-refractivity contribution in [3.05, 3.63) is 33.3 Å². The fraction of sp³-hybridized carbons (Fsp3) is 0.364. The van der Waals surface area contributed by atoms with Gasteiger partial charge in [-0.15, -0.1) is 0 Å².